The van der Waals surface area contributed by atoms with Gasteiger partial charge in [0, 0.05) is 11.1 Å². The number of hydrogen-bond donors (Lipinski definition) is 0. The van der Waals surface area contributed by atoms with Crippen molar-refractivity contribution in [1.29, 1.82) is 0 Å². The molecule has 2 rings (SSSR count). The number of benzene rings is 1. The number of aromatic nitrogens is 2. The standard InChI is InChI=1S/C14H13Cl2FN2/c1-7(2)11-12(15)18-14(19-13(11)16)10-6-9(17)5-4-8(10)3/h4-7H,1-3H3. The van der Waals surface area contributed by atoms with Gasteiger partial charge in [-0.05, 0) is 30.5 Å². The van der Waals surface area contributed by atoms with E-state index in [2.05, 4.69) is 9.97 Å². The molecule has 0 saturated carbocycles. The van der Waals surface area contributed by atoms with Crippen molar-refractivity contribution in [1.82, 2.24) is 9.97 Å². The maximum absolute atomic E-state index is 13.3. The fraction of sp³-hybridized carbons (Fsp3) is 0.286. The van der Waals surface area contributed by atoms with Gasteiger partial charge in [0.1, 0.15) is 16.1 Å². The molecule has 0 N–H and O–H groups in total. The van der Waals surface area contributed by atoms with Crippen molar-refractivity contribution in [3.05, 3.63) is 45.4 Å². The number of halogens is 3. The van der Waals surface area contributed by atoms with Gasteiger partial charge in [0.15, 0.2) is 5.82 Å². The minimum Gasteiger partial charge on any atom is -0.216 e. The first-order chi connectivity index (χ1) is 8.90. The van der Waals surface area contributed by atoms with Crippen molar-refractivity contribution in [2.24, 2.45) is 0 Å². The van der Waals surface area contributed by atoms with Crippen LogP contribution in [0, 0.1) is 12.7 Å². The van der Waals surface area contributed by atoms with E-state index in [0.717, 1.165) is 5.56 Å². The number of hydrogen-bond acceptors (Lipinski definition) is 2. The molecule has 2 nitrogen and oxygen atoms in total. The maximum Gasteiger partial charge on any atom is 0.162 e. The van der Waals surface area contributed by atoms with Gasteiger partial charge in [-0.15, -0.1) is 0 Å². The molecule has 0 atom stereocenters. The molecule has 0 aliphatic heterocycles. The zero-order valence-corrected chi connectivity index (χ0v) is 12.3. The molecule has 0 unspecified atom stereocenters. The zero-order valence-electron chi connectivity index (χ0n) is 10.8. The predicted molar refractivity (Wildman–Crippen MR) is 76.3 cm³/mol. The zero-order chi connectivity index (χ0) is 14.2. The third-order valence-corrected chi connectivity index (χ3v) is 3.45. The summed E-state index contributed by atoms with van der Waals surface area (Å²) in [6.07, 6.45) is 0. The molecule has 100 valence electrons. The molecule has 1 aromatic heterocycles. The summed E-state index contributed by atoms with van der Waals surface area (Å²) in [5.74, 6) is 0.128. The van der Waals surface area contributed by atoms with Crippen LogP contribution in [0.1, 0.15) is 30.9 Å². The van der Waals surface area contributed by atoms with Gasteiger partial charge in [-0.25, -0.2) is 14.4 Å². The van der Waals surface area contributed by atoms with E-state index in [4.69, 9.17) is 23.2 Å². The van der Waals surface area contributed by atoms with Crippen LogP contribution in [-0.4, -0.2) is 9.97 Å². The van der Waals surface area contributed by atoms with Crippen LogP contribution in [0.5, 0.6) is 0 Å². The van der Waals surface area contributed by atoms with Crippen molar-refractivity contribution < 1.29 is 4.39 Å². The van der Waals surface area contributed by atoms with Crippen molar-refractivity contribution in [2.75, 3.05) is 0 Å². The Morgan fingerprint density at radius 3 is 2.21 bits per heavy atom. The Hall–Kier alpha value is -1.19. The second-order valence-electron chi connectivity index (χ2n) is 4.66. The molecule has 19 heavy (non-hydrogen) atoms. The van der Waals surface area contributed by atoms with Gasteiger partial charge in [-0.1, -0.05) is 43.1 Å². The molecule has 0 saturated heterocycles. The molecule has 0 bridgehead atoms. The fourth-order valence-corrected chi connectivity index (χ4v) is 2.67. The summed E-state index contributed by atoms with van der Waals surface area (Å²) in [6, 6.07) is 4.45. The van der Waals surface area contributed by atoms with Gasteiger partial charge < -0.3 is 0 Å². The fourth-order valence-electron chi connectivity index (χ4n) is 1.85. The van der Waals surface area contributed by atoms with Crippen molar-refractivity contribution in [3.63, 3.8) is 0 Å². The molecule has 5 heteroatoms. The molecule has 0 aliphatic carbocycles. The molecular formula is C14H13Cl2FN2. The van der Waals surface area contributed by atoms with E-state index in [1.165, 1.54) is 12.1 Å². The molecule has 0 amide bonds. The molecule has 2 aromatic rings. The average molecular weight is 299 g/mol. The molecule has 1 aromatic carbocycles. The Morgan fingerprint density at radius 1 is 1.11 bits per heavy atom. The van der Waals surface area contributed by atoms with Crippen molar-refractivity contribution in [3.8, 4) is 11.4 Å². The molecule has 0 aliphatic rings. The van der Waals surface area contributed by atoms with Gasteiger partial charge in [-0.3, -0.25) is 0 Å². The van der Waals surface area contributed by atoms with E-state index in [9.17, 15) is 4.39 Å². The normalized spacial score (nSPS) is 11.1. The quantitative estimate of drug-likeness (QED) is 0.727. The van der Waals surface area contributed by atoms with E-state index in [1.807, 2.05) is 20.8 Å². The van der Waals surface area contributed by atoms with Gasteiger partial charge in [0.2, 0.25) is 0 Å². The first-order valence-corrected chi connectivity index (χ1v) is 6.65. The summed E-state index contributed by atoms with van der Waals surface area (Å²) in [4.78, 5) is 8.46. The summed E-state index contributed by atoms with van der Waals surface area (Å²) in [5.41, 5.74) is 2.17. The minimum absolute atomic E-state index is 0.127. The van der Waals surface area contributed by atoms with Crippen LogP contribution in [0.15, 0.2) is 18.2 Å². The van der Waals surface area contributed by atoms with Crippen LogP contribution < -0.4 is 0 Å². The van der Waals surface area contributed by atoms with Crippen LogP contribution in [0.2, 0.25) is 10.3 Å². The SMILES string of the molecule is Cc1ccc(F)cc1-c1nc(Cl)c(C(C)C)c(Cl)n1. The summed E-state index contributed by atoms with van der Waals surface area (Å²) < 4.78 is 13.3. The lowest BCUT2D eigenvalue weighted by atomic mass is 10.1. The minimum atomic E-state index is -0.343. The lowest BCUT2D eigenvalue weighted by molar-refractivity contribution is 0.627. The van der Waals surface area contributed by atoms with Crippen LogP contribution in [0.25, 0.3) is 11.4 Å². The third-order valence-electron chi connectivity index (χ3n) is 2.87. The Bertz CT molecular complexity index is 604. The molecule has 0 fully saturated rings. The van der Waals surface area contributed by atoms with E-state index < -0.39 is 0 Å². The van der Waals surface area contributed by atoms with E-state index in [-0.39, 0.29) is 11.7 Å². The molecular weight excluding hydrogens is 286 g/mol. The van der Waals surface area contributed by atoms with Gasteiger partial charge in [0.05, 0.1) is 0 Å². The predicted octanol–water partition coefficient (Wildman–Crippen LogP) is 5.02. The van der Waals surface area contributed by atoms with Crippen LogP contribution in [0.3, 0.4) is 0 Å². The molecule has 0 radical (unpaired) electrons. The second-order valence-corrected chi connectivity index (χ2v) is 5.37. The van der Waals surface area contributed by atoms with Gasteiger partial charge in [0.25, 0.3) is 0 Å². The Balaban J connectivity index is 2.62. The number of nitrogens with zero attached hydrogens (tertiary/aromatic N) is 2. The lowest BCUT2D eigenvalue weighted by Gasteiger charge is -2.12. The molecule has 1 heterocycles. The first kappa shape index (κ1) is 14.2. The van der Waals surface area contributed by atoms with Crippen LogP contribution >= 0.6 is 23.2 Å². The summed E-state index contributed by atoms with van der Waals surface area (Å²) in [7, 11) is 0. The van der Waals surface area contributed by atoms with Crippen molar-refractivity contribution >= 4 is 23.2 Å². The number of rotatable bonds is 2. The van der Waals surface area contributed by atoms with E-state index >= 15 is 0 Å². The van der Waals surface area contributed by atoms with Gasteiger partial charge in [-0.2, -0.15) is 0 Å². The largest absolute Gasteiger partial charge is 0.216 e. The highest BCUT2D eigenvalue weighted by atomic mass is 35.5. The number of aryl methyl sites for hydroxylation is 1. The monoisotopic (exact) mass is 298 g/mol. The second kappa shape index (κ2) is 5.43. The Labute approximate surface area is 121 Å². The smallest absolute Gasteiger partial charge is 0.162 e. The van der Waals surface area contributed by atoms with Crippen LogP contribution in [-0.2, 0) is 0 Å². The summed E-state index contributed by atoms with van der Waals surface area (Å²) in [6.45, 7) is 5.78. The Morgan fingerprint density at radius 2 is 1.68 bits per heavy atom. The molecule has 0 spiro atoms. The highest BCUT2D eigenvalue weighted by Crippen LogP contribution is 2.32. The topological polar surface area (TPSA) is 25.8 Å². The van der Waals surface area contributed by atoms with Crippen LogP contribution in [0.4, 0.5) is 4.39 Å². The highest BCUT2D eigenvalue weighted by molar-refractivity contribution is 6.34. The third kappa shape index (κ3) is 2.88. The highest BCUT2D eigenvalue weighted by Gasteiger charge is 2.16. The lowest BCUT2D eigenvalue weighted by Crippen LogP contribution is -2.00. The van der Waals surface area contributed by atoms with Gasteiger partial charge >= 0.3 is 0 Å². The van der Waals surface area contributed by atoms with E-state index in [0.29, 0.717) is 27.3 Å². The summed E-state index contributed by atoms with van der Waals surface area (Å²) >= 11 is 12.3. The van der Waals surface area contributed by atoms with Crippen molar-refractivity contribution in [2.45, 2.75) is 26.7 Å². The van der Waals surface area contributed by atoms with E-state index in [1.54, 1.807) is 6.07 Å². The average Bonchev–Trinajstić information content (AvgIpc) is 2.30. The first-order valence-electron chi connectivity index (χ1n) is 5.89. The summed E-state index contributed by atoms with van der Waals surface area (Å²) in [5, 5.41) is 0.627. The maximum atomic E-state index is 13.3. The Kier molecular flexibility index (Phi) is 4.07.